The highest BCUT2D eigenvalue weighted by Gasteiger charge is 2.17. The number of aromatic carboxylic acids is 1. The summed E-state index contributed by atoms with van der Waals surface area (Å²) in [7, 11) is 0. The Kier molecular flexibility index (Phi) is 3.13. The Balaban J connectivity index is 2.07. The van der Waals surface area contributed by atoms with Crippen LogP contribution in [0.4, 0.5) is 5.69 Å². The van der Waals surface area contributed by atoms with Crippen molar-refractivity contribution in [2.45, 2.75) is 26.2 Å². The van der Waals surface area contributed by atoms with E-state index >= 15 is 0 Å². The van der Waals surface area contributed by atoms with Crippen molar-refractivity contribution in [1.29, 1.82) is 0 Å². The summed E-state index contributed by atoms with van der Waals surface area (Å²) in [5.41, 5.74) is 2.17. The van der Waals surface area contributed by atoms with Gasteiger partial charge < -0.3 is 10.4 Å². The van der Waals surface area contributed by atoms with Crippen molar-refractivity contribution in [3.05, 3.63) is 29.3 Å². The number of nitrogens with one attached hydrogen (secondary N) is 1. The summed E-state index contributed by atoms with van der Waals surface area (Å²) in [6, 6.07) is 5.38. The zero-order valence-corrected chi connectivity index (χ0v) is 9.49. The van der Waals surface area contributed by atoms with Crippen molar-refractivity contribution >= 4 is 11.7 Å². The van der Waals surface area contributed by atoms with Gasteiger partial charge in [-0.1, -0.05) is 12.5 Å². The zero-order chi connectivity index (χ0) is 11.5. The van der Waals surface area contributed by atoms with E-state index in [9.17, 15) is 4.79 Å². The highest BCUT2D eigenvalue weighted by atomic mass is 16.4. The van der Waals surface area contributed by atoms with Crippen LogP contribution in [0.2, 0.25) is 0 Å². The molecule has 1 aromatic carbocycles. The highest BCUT2D eigenvalue weighted by Crippen LogP contribution is 2.27. The molecule has 1 saturated carbocycles. The van der Waals surface area contributed by atoms with E-state index in [1.807, 2.05) is 13.0 Å². The van der Waals surface area contributed by atoms with Gasteiger partial charge in [-0.15, -0.1) is 0 Å². The molecule has 0 radical (unpaired) electrons. The Labute approximate surface area is 95.5 Å². The Hall–Kier alpha value is -1.51. The highest BCUT2D eigenvalue weighted by molar-refractivity contribution is 5.91. The van der Waals surface area contributed by atoms with Crippen LogP contribution in [0.3, 0.4) is 0 Å². The molecule has 3 nitrogen and oxygen atoms in total. The average molecular weight is 219 g/mol. The summed E-state index contributed by atoms with van der Waals surface area (Å²) < 4.78 is 0. The van der Waals surface area contributed by atoms with E-state index < -0.39 is 5.97 Å². The smallest absolute Gasteiger partial charge is 0.336 e. The predicted octanol–water partition coefficient (Wildman–Crippen LogP) is 2.91. The lowest BCUT2D eigenvalue weighted by atomic mass is 9.85. The number of benzene rings is 1. The molecule has 86 valence electrons. The number of rotatable bonds is 4. The van der Waals surface area contributed by atoms with Crippen molar-refractivity contribution in [2.24, 2.45) is 5.92 Å². The lowest BCUT2D eigenvalue weighted by Crippen LogP contribution is -2.21. The summed E-state index contributed by atoms with van der Waals surface area (Å²) >= 11 is 0. The maximum absolute atomic E-state index is 11.0. The molecule has 2 rings (SSSR count). The van der Waals surface area contributed by atoms with Crippen LogP contribution in [0.1, 0.15) is 35.2 Å². The van der Waals surface area contributed by atoms with Crippen LogP contribution in [0, 0.1) is 12.8 Å². The van der Waals surface area contributed by atoms with Gasteiger partial charge in [0.15, 0.2) is 0 Å². The molecule has 0 amide bonds. The van der Waals surface area contributed by atoms with E-state index in [0.717, 1.165) is 23.7 Å². The molecule has 0 unspecified atom stereocenters. The van der Waals surface area contributed by atoms with Crippen LogP contribution >= 0.6 is 0 Å². The second kappa shape index (κ2) is 4.56. The lowest BCUT2D eigenvalue weighted by molar-refractivity contribution is 0.0696. The van der Waals surface area contributed by atoms with E-state index in [1.54, 1.807) is 12.1 Å². The molecular weight excluding hydrogens is 202 g/mol. The van der Waals surface area contributed by atoms with Crippen molar-refractivity contribution in [2.75, 3.05) is 11.9 Å². The van der Waals surface area contributed by atoms with Gasteiger partial charge >= 0.3 is 5.97 Å². The lowest BCUT2D eigenvalue weighted by Gasteiger charge is -2.26. The number of hydrogen-bond acceptors (Lipinski definition) is 2. The second-order valence-corrected chi connectivity index (χ2v) is 4.46. The Morgan fingerprint density at radius 1 is 1.50 bits per heavy atom. The van der Waals surface area contributed by atoms with Crippen LogP contribution in [0.5, 0.6) is 0 Å². The first-order valence-electron chi connectivity index (χ1n) is 5.75. The third-order valence-corrected chi connectivity index (χ3v) is 3.37. The van der Waals surface area contributed by atoms with E-state index in [0.29, 0.717) is 5.56 Å². The molecule has 1 fully saturated rings. The largest absolute Gasteiger partial charge is 0.478 e. The average Bonchev–Trinajstić information content (AvgIpc) is 2.17. The molecule has 2 N–H and O–H groups in total. The summed E-state index contributed by atoms with van der Waals surface area (Å²) in [6.45, 7) is 2.82. The molecule has 1 aromatic rings. The third kappa shape index (κ3) is 2.18. The zero-order valence-electron chi connectivity index (χ0n) is 9.49. The van der Waals surface area contributed by atoms with E-state index in [2.05, 4.69) is 5.32 Å². The van der Waals surface area contributed by atoms with Crippen LogP contribution in [0.25, 0.3) is 0 Å². The first-order valence-corrected chi connectivity index (χ1v) is 5.75. The second-order valence-electron chi connectivity index (χ2n) is 4.46. The topological polar surface area (TPSA) is 49.3 Å². The van der Waals surface area contributed by atoms with Gasteiger partial charge in [-0.3, -0.25) is 0 Å². The van der Waals surface area contributed by atoms with Gasteiger partial charge in [0.05, 0.1) is 5.56 Å². The van der Waals surface area contributed by atoms with E-state index in [1.165, 1.54) is 19.3 Å². The van der Waals surface area contributed by atoms with Crippen molar-refractivity contribution in [1.82, 2.24) is 0 Å². The minimum Gasteiger partial charge on any atom is -0.478 e. The third-order valence-electron chi connectivity index (χ3n) is 3.37. The van der Waals surface area contributed by atoms with Crippen LogP contribution in [0.15, 0.2) is 18.2 Å². The molecule has 0 atom stereocenters. The number of carbonyl (C=O) groups is 1. The Morgan fingerprint density at radius 3 is 2.81 bits per heavy atom. The van der Waals surface area contributed by atoms with Crippen molar-refractivity contribution in [3.63, 3.8) is 0 Å². The molecular formula is C13H17NO2. The fourth-order valence-electron chi connectivity index (χ4n) is 2.01. The minimum absolute atomic E-state index is 0.388. The standard InChI is InChI=1S/C13H17NO2/c1-9-11(13(15)16)6-3-7-12(9)14-8-10-4-2-5-10/h3,6-7,10,14H,2,4-5,8H2,1H3,(H,15,16). The SMILES string of the molecule is Cc1c(NCC2CCC2)cccc1C(=O)O. The maximum atomic E-state index is 11.0. The molecule has 1 aliphatic rings. The molecule has 1 aliphatic carbocycles. The number of carboxylic acid groups (broad SMARTS) is 1. The van der Waals surface area contributed by atoms with Crippen molar-refractivity contribution < 1.29 is 9.90 Å². The van der Waals surface area contributed by atoms with E-state index in [-0.39, 0.29) is 0 Å². The molecule has 3 heteroatoms. The molecule has 0 aromatic heterocycles. The molecule has 0 spiro atoms. The van der Waals surface area contributed by atoms with Crippen LogP contribution in [-0.2, 0) is 0 Å². The van der Waals surface area contributed by atoms with Gasteiger partial charge in [0.1, 0.15) is 0 Å². The quantitative estimate of drug-likeness (QED) is 0.818. The first-order chi connectivity index (χ1) is 7.68. The molecule has 16 heavy (non-hydrogen) atoms. The maximum Gasteiger partial charge on any atom is 0.336 e. The van der Waals surface area contributed by atoms with Gasteiger partial charge in [0, 0.05) is 12.2 Å². The normalized spacial score (nSPS) is 15.6. The molecule has 0 saturated heterocycles. The number of anilines is 1. The summed E-state index contributed by atoms with van der Waals surface area (Å²) in [4.78, 5) is 11.0. The van der Waals surface area contributed by atoms with Gasteiger partial charge in [-0.05, 0) is 43.4 Å². The first kappa shape index (κ1) is 11.0. The van der Waals surface area contributed by atoms with Gasteiger partial charge in [-0.2, -0.15) is 0 Å². The summed E-state index contributed by atoms with van der Waals surface area (Å²) in [5.74, 6) is -0.0855. The van der Waals surface area contributed by atoms with Crippen molar-refractivity contribution in [3.8, 4) is 0 Å². The molecule has 0 heterocycles. The monoisotopic (exact) mass is 219 g/mol. The molecule has 0 aliphatic heterocycles. The molecule has 0 bridgehead atoms. The fraction of sp³-hybridized carbons (Fsp3) is 0.462. The van der Waals surface area contributed by atoms with Gasteiger partial charge in [-0.25, -0.2) is 4.79 Å². The van der Waals surface area contributed by atoms with Crippen LogP contribution < -0.4 is 5.32 Å². The number of hydrogen-bond donors (Lipinski definition) is 2. The van der Waals surface area contributed by atoms with Gasteiger partial charge in [0.2, 0.25) is 0 Å². The Morgan fingerprint density at radius 2 is 2.25 bits per heavy atom. The fourth-order valence-corrected chi connectivity index (χ4v) is 2.01. The van der Waals surface area contributed by atoms with E-state index in [4.69, 9.17) is 5.11 Å². The van der Waals surface area contributed by atoms with Crippen LogP contribution in [-0.4, -0.2) is 17.6 Å². The predicted molar refractivity (Wildman–Crippen MR) is 64.0 cm³/mol. The van der Waals surface area contributed by atoms with Gasteiger partial charge in [0.25, 0.3) is 0 Å². The summed E-state index contributed by atoms with van der Waals surface area (Å²) in [5, 5.41) is 12.3. The minimum atomic E-state index is -0.857. The Bertz CT molecular complexity index is 397. The number of carboxylic acids is 1. The summed E-state index contributed by atoms with van der Waals surface area (Å²) in [6.07, 6.45) is 3.93.